The lowest BCUT2D eigenvalue weighted by atomic mass is 9.76. The number of imidazole rings is 1. The molecule has 30 heavy (non-hydrogen) atoms. The zero-order valence-corrected chi connectivity index (χ0v) is 17.5. The van der Waals surface area contributed by atoms with Crippen LogP contribution in [-0.2, 0) is 0 Å². The molecule has 3 aromatic rings. The van der Waals surface area contributed by atoms with Gasteiger partial charge in [0, 0.05) is 35.1 Å². The van der Waals surface area contributed by atoms with Crippen LogP contribution < -0.4 is 5.32 Å². The molecular weight excluding hydrogens is 374 g/mol. The van der Waals surface area contributed by atoms with Gasteiger partial charge >= 0.3 is 0 Å². The number of hydrogen-bond donors (Lipinski definition) is 2. The van der Waals surface area contributed by atoms with Crippen LogP contribution in [0.15, 0.2) is 55.9 Å². The lowest BCUT2D eigenvalue weighted by molar-refractivity contribution is 0.201. The highest BCUT2D eigenvalue weighted by molar-refractivity contribution is 5.69. The number of benzene rings is 1. The average molecular weight is 402 g/mol. The molecule has 0 radical (unpaired) electrons. The molecule has 154 valence electrons. The van der Waals surface area contributed by atoms with Crippen molar-refractivity contribution in [1.82, 2.24) is 24.8 Å². The zero-order valence-electron chi connectivity index (χ0n) is 17.5. The molecule has 2 atom stereocenters. The standard InChI is InChI=1S/C24H27N5O/c1-16(17-11-23(2)6-7-24(3,12-17)28-23)20-13-27-21(14-26-20)19-5-4-18(10-22(19)30)29-9-8-25-15-29/h4-5,8-10,13-15,17,28,30H,1,6-7,11-12H2,2-3H3. The molecular formula is C24H27N5O. The summed E-state index contributed by atoms with van der Waals surface area (Å²) in [6.07, 6.45) is 13.4. The van der Waals surface area contributed by atoms with Crippen LogP contribution in [0.3, 0.4) is 0 Å². The molecule has 0 aliphatic carbocycles. The topological polar surface area (TPSA) is 75.9 Å². The minimum Gasteiger partial charge on any atom is -0.507 e. The smallest absolute Gasteiger partial charge is 0.127 e. The monoisotopic (exact) mass is 401 g/mol. The highest BCUT2D eigenvalue weighted by Crippen LogP contribution is 2.48. The second kappa shape index (κ2) is 6.77. The Morgan fingerprint density at radius 1 is 1.17 bits per heavy atom. The van der Waals surface area contributed by atoms with E-state index in [-0.39, 0.29) is 16.8 Å². The van der Waals surface area contributed by atoms with Crippen LogP contribution in [0.4, 0.5) is 0 Å². The Morgan fingerprint density at radius 2 is 1.93 bits per heavy atom. The number of nitrogens with zero attached hydrogens (tertiary/aromatic N) is 4. The van der Waals surface area contributed by atoms with Crippen LogP contribution in [0, 0.1) is 5.92 Å². The molecule has 0 amide bonds. The highest BCUT2D eigenvalue weighted by Gasteiger charge is 2.49. The maximum Gasteiger partial charge on any atom is 0.127 e. The summed E-state index contributed by atoms with van der Waals surface area (Å²) in [4.78, 5) is 13.3. The van der Waals surface area contributed by atoms with Crippen LogP contribution in [0.25, 0.3) is 22.5 Å². The molecule has 6 heteroatoms. The number of hydrogen-bond acceptors (Lipinski definition) is 5. The van der Waals surface area contributed by atoms with Crippen LogP contribution >= 0.6 is 0 Å². The average Bonchev–Trinajstić information content (AvgIpc) is 3.33. The summed E-state index contributed by atoms with van der Waals surface area (Å²) in [6, 6.07) is 5.49. The second-order valence-electron chi connectivity index (χ2n) is 9.34. The second-order valence-corrected chi connectivity index (χ2v) is 9.34. The quantitative estimate of drug-likeness (QED) is 0.679. The van der Waals surface area contributed by atoms with Gasteiger partial charge < -0.3 is 15.0 Å². The predicted octanol–water partition coefficient (Wildman–Crippen LogP) is 4.36. The SMILES string of the molecule is C=C(c1cnc(-c2ccc(-n3ccnc3)cc2O)cn1)C1CC2(C)CCC(C)(C1)N2. The molecule has 2 N–H and O–H groups in total. The number of aromatic nitrogens is 4. The molecule has 2 aliphatic heterocycles. The minimum atomic E-state index is 0.165. The fourth-order valence-electron chi connectivity index (χ4n) is 5.27. The number of phenols is 1. The Balaban J connectivity index is 1.36. The largest absolute Gasteiger partial charge is 0.507 e. The van der Waals surface area contributed by atoms with Crippen molar-refractivity contribution in [2.24, 2.45) is 5.92 Å². The molecule has 2 aliphatic rings. The third-order valence-corrected chi connectivity index (χ3v) is 6.76. The van der Waals surface area contributed by atoms with Gasteiger partial charge in [-0.25, -0.2) is 4.98 Å². The van der Waals surface area contributed by atoms with Gasteiger partial charge in [-0.3, -0.25) is 9.97 Å². The van der Waals surface area contributed by atoms with Crippen LogP contribution in [0.2, 0.25) is 0 Å². The van der Waals surface area contributed by atoms with Crippen LogP contribution in [0.1, 0.15) is 45.2 Å². The molecule has 2 fully saturated rings. The summed E-state index contributed by atoms with van der Waals surface area (Å²) in [5.41, 5.74) is 4.43. The highest BCUT2D eigenvalue weighted by atomic mass is 16.3. The summed E-state index contributed by atoms with van der Waals surface area (Å²) in [5.74, 6) is 0.574. The zero-order chi connectivity index (χ0) is 20.9. The van der Waals surface area contributed by atoms with E-state index < -0.39 is 0 Å². The lowest BCUT2D eigenvalue weighted by Crippen LogP contribution is -2.53. The number of piperidine rings is 1. The van der Waals surface area contributed by atoms with E-state index in [2.05, 4.69) is 40.7 Å². The number of nitrogens with one attached hydrogen (secondary N) is 1. The molecule has 2 aromatic heterocycles. The van der Waals surface area contributed by atoms with Crippen molar-refractivity contribution in [1.29, 1.82) is 0 Å². The van der Waals surface area contributed by atoms with Crippen LogP contribution in [0.5, 0.6) is 5.75 Å². The van der Waals surface area contributed by atoms with Gasteiger partial charge in [-0.1, -0.05) is 6.58 Å². The van der Waals surface area contributed by atoms with Gasteiger partial charge in [0.25, 0.3) is 0 Å². The summed E-state index contributed by atoms with van der Waals surface area (Å²) < 4.78 is 1.84. The number of allylic oxidation sites excluding steroid dienone is 1. The van der Waals surface area contributed by atoms with Crippen molar-refractivity contribution >= 4 is 5.57 Å². The Hall–Kier alpha value is -2.99. The predicted molar refractivity (Wildman–Crippen MR) is 117 cm³/mol. The molecule has 2 bridgehead atoms. The summed E-state index contributed by atoms with van der Waals surface area (Å²) in [5, 5.41) is 14.3. The number of phenolic OH excluding ortho intramolecular Hbond substituents is 1. The maximum absolute atomic E-state index is 10.5. The Kier molecular flexibility index (Phi) is 4.29. The molecule has 2 unspecified atom stereocenters. The van der Waals surface area contributed by atoms with Gasteiger partial charge in [0.2, 0.25) is 0 Å². The van der Waals surface area contributed by atoms with Crippen LogP contribution in [-0.4, -0.2) is 35.7 Å². The normalized spacial score (nSPS) is 27.9. The number of aromatic hydroxyl groups is 1. The van der Waals surface area contributed by atoms with E-state index in [0.717, 1.165) is 29.8 Å². The van der Waals surface area contributed by atoms with E-state index in [4.69, 9.17) is 0 Å². The molecule has 4 heterocycles. The summed E-state index contributed by atoms with van der Waals surface area (Å²) in [6.45, 7) is 9.02. The van der Waals surface area contributed by atoms with Gasteiger partial charge in [-0.2, -0.15) is 0 Å². The van der Waals surface area contributed by atoms with Crippen molar-refractivity contribution < 1.29 is 5.11 Å². The fraction of sp³-hybridized carbons (Fsp3) is 0.375. The van der Waals surface area contributed by atoms with Crippen molar-refractivity contribution in [3.63, 3.8) is 0 Å². The molecule has 0 spiro atoms. The van der Waals surface area contributed by atoms with Crippen molar-refractivity contribution in [3.05, 3.63) is 61.6 Å². The van der Waals surface area contributed by atoms with E-state index in [0.29, 0.717) is 17.2 Å². The van der Waals surface area contributed by atoms with E-state index in [9.17, 15) is 5.11 Å². The third kappa shape index (κ3) is 3.31. The van der Waals surface area contributed by atoms with Gasteiger partial charge in [-0.15, -0.1) is 0 Å². The lowest BCUT2D eigenvalue weighted by Gasteiger charge is -2.42. The molecule has 5 rings (SSSR count). The van der Waals surface area contributed by atoms with Crippen molar-refractivity contribution in [2.75, 3.05) is 0 Å². The van der Waals surface area contributed by atoms with E-state index in [1.807, 2.05) is 22.9 Å². The first-order valence-electron chi connectivity index (χ1n) is 10.5. The Bertz CT molecular complexity index is 1070. The number of rotatable bonds is 4. The van der Waals surface area contributed by atoms with Gasteiger partial charge in [0.1, 0.15) is 5.75 Å². The first-order chi connectivity index (χ1) is 14.3. The Labute approximate surface area is 176 Å². The van der Waals surface area contributed by atoms with Crippen molar-refractivity contribution in [2.45, 2.75) is 50.6 Å². The minimum absolute atomic E-state index is 0.165. The van der Waals surface area contributed by atoms with Gasteiger partial charge in [0.15, 0.2) is 0 Å². The molecule has 2 saturated heterocycles. The fourth-order valence-corrected chi connectivity index (χ4v) is 5.27. The first-order valence-corrected chi connectivity index (χ1v) is 10.5. The summed E-state index contributed by atoms with van der Waals surface area (Å²) in [7, 11) is 0. The first kappa shape index (κ1) is 19.0. The molecule has 6 nitrogen and oxygen atoms in total. The third-order valence-electron chi connectivity index (χ3n) is 6.76. The number of fused-ring (bicyclic) bond motifs is 2. The van der Waals surface area contributed by atoms with Gasteiger partial charge in [-0.05, 0) is 63.2 Å². The van der Waals surface area contributed by atoms with Gasteiger partial charge in [0.05, 0.1) is 35.8 Å². The maximum atomic E-state index is 10.5. The summed E-state index contributed by atoms with van der Waals surface area (Å²) >= 11 is 0. The van der Waals surface area contributed by atoms with E-state index >= 15 is 0 Å². The molecule has 0 saturated carbocycles. The van der Waals surface area contributed by atoms with Crippen molar-refractivity contribution in [3.8, 4) is 22.7 Å². The molecule has 1 aromatic carbocycles. The van der Waals surface area contributed by atoms with E-state index in [1.54, 1.807) is 31.0 Å². The van der Waals surface area contributed by atoms with E-state index in [1.165, 1.54) is 12.8 Å². The Morgan fingerprint density at radius 3 is 2.53 bits per heavy atom.